The number of nitro benzene ring substituents is 1. The van der Waals surface area contributed by atoms with Gasteiger partial charge < -0.3 is 17.3 Å². The zero-order valence-electron chi connectivity index (χ0n) is 16.9. The summed E-state index contributed by atoms with van der Waals surface area (Å²) >= 11 is 0. The molecule has 2 aromatic carbocycles. The number of halogens is 1. The van der Waals surface area contributed by atoms with Crippen molar-refractivity contribution in [2.75, 3.05) is 18.0 Å². The number of nitriles is 1. The van der Waals surface area contributed by atoms with E-state index in [0.29, 0.717) is 11.4 Å². The minimum absolute atomic E-state index is 0. The summed E-state index contributed by atoms with van der Waals surface area (Å²) in [5.41, 5.74) is 1.97. The Labute approximate surface area is 186 Å². The van der Waals surface area contributed by atoms with Crippen LogP contribution in [-0.4, -0.2) is 18.0 Å². The Morgan fingerprint density at radius 1 is 1.10 bits per heavy atom. The highest BCUT2D eigenvalue weighted by molar-refractivity contribution is 5.58. The summed E-state index contributed by atoms with van der Waals surface area (Å²) in [6.45, 7) is 4.75. The van der Waals surface area contributed by atoms with Crippen LogP contribution in [0.5, 0.6) is 0 Å². The number of hydrogen-bond donors (Lipinski definition) is 0. The van der Waals surface area contributed by atoms with Crippen molar-refractivity contribution in [2.24, 2.45) is 10.2 Å². The maximum absolute atomic E-state index is 10.8. The van der Waals surface area contributed by atoms with Gasteiger partial charge in [0.2, 0.25) is 0 Å². The van der Waals surface area contributed by atoms with E-state index in [9.17, 15) is 15.4 Å². The third-order valence-electron chi connectivity index (χ3n) is 4.59. The molecule has 3 rings (SSSR count). The number of azo groups is 1. The predicted molar refractivity (Wildman–Crippen MR) is 113 cm³/mol. The van der Waals surface area contributed by atoms with Crippen LogP contribution in [0, 0.1) is 21.4 Å². The van der Waals surface area contributed by atoms with E-state index in [1.807, 2.05) is 60.9 Å². The fourth-order valence-corrected chi connectivity index (χ4v) is 2.95. The summed E-state index contributed by atoms with van der Waals surface area (Å²) in [5, 5.41) is 28.3. The average Bonchev–Trinajstić information content (AvgIpc) is 2.79. The highest BCUT2D eigenvalue weighted by atomic mass is 35.5. The zero-order valence-corrected chi connectivity index (χ0v) is 17.7. The largest absolute Gasteiger partial charge is 1.00 e. The van der Waals surface area contributed by atoms with Crippen LogP contribution in [0.2, 0.25) is 0 Å². The molecule has 1 aromatic heterocycles. The molecule has 0 aliphatic rings. The number of nitro groups is 1. The molecular formula is C22H21ClN6O2. The first kappa shape index (κ1) is 23.4. The molecule has 0 N–H and O–H groups in total. The standard InChI is InChI=1S/C22H21N6O2.ClH/c1-2-27(15-14-26-12-4-3-5-13-26)20-8-6-19(7-9-20)24-25-22-11-10-21(28(29)30)16-18(22)17-23;/h3-13,16H,2,14-15H2,1H3;1H/q+1;/p-1. The minimum Gasteiger partial charge on any atom is -1.00 e. The van der Waals surface area contributed by atoms with E-state index in [0.717, 1.165) is 25.3 Å². The van der Waals surface area contributed by atoms with Crippen LogP contribution in [0.15, 0.2) is 83.3 Å². The number of non-ortho nitro benzene ring substituents is 1. The molecule has 3 aromatic rings. The second kappa shape index (κ2) is 11.4. The van der Waals surface area contributed by atoms with E-state index >= 15 is 0 Å². The van der Waals surface area contributed by atoms with Crippen molar-refractivity contribution in [1.82, 2.24) is 0 Å². The second-order valence-corrected chi connectivity index (χ2v) is 6.48. The molecule has 0 bridgehead atoms. The zero-order chi connectivity index (χ0) is 21.3. The Morgan fingerprint density at radius 3 is 2.42 bits per heavy atom. The van der Waals surface area contributed by atoms with Gasteiger partial charge in [0.1, 0.15) is 11.8 Å². The van der Waals surface area contributed by atoms with Crippen LogP contribution in [0.1, 0.15) is 12.5 Å². The highest BCUT2D eigenvalue weighted by Gasteiger charge is 2.11. The van der Waals surface area contributed by atoms with Crippen molar-refractivity contribution in [3.05, 3.63) is 88.7 Å². The van der Waals surface area contributed by atoms with Gasteiger partial charge in [-0.3, -0.25) is 10.1 Å². The maximum Gasteiger partial charge on any atom is 0.270 e. The Bertz CT molecular complexity index is 1080. The highest BCUT2D eigenvalue weighted by Crippen LogP contribution is 2.27. The summed E-state index contributed by atoms with van der Waals surface area (Å²) in [4.78, 5) is 12.6. The molecule has 158 valence electrons. The van der Waals surface area contributed by atoms with Crippen molar-refractivity contribution in [1.29, 1.82) is 5.26 Å². The van der Waals surface area contributed by atoms with Crippen molar-refractivity contribution in [3.8, 4) is 6.07 Å². The molecule has 0 fully saturated rings. The fraction of sp³-hybridized carbons (Fsp3) is 0.182. The van der Waals surface area contributed by atoms with Crippen molar-refractivity contribution in [3.63, 3.8) is 0 Å². The normalized spacial score (nSPS) is 10.3. The van der Waals surface area contributed by atoms with Crippen LogP contribution < -0.4 is 21.9 Å². The number of anilines is 1. The van der Waals surface area contributed by atoms with E-state index in [1.165, 1.54) is 18.2 Å². The molecule has 0 radical (unpaired) electrons. The lowest BCUT2D eigenvalue weighted by molar-refractivity contribution is -0.694. The van der Waals surface area contributed by atoms with E-state index in [2.05, 4.69) is 26.6 Å². The lowest BCUT2D eigenvalue weighted by atomic mass is 10.2. The van der Waals surface area contributed by atoms with E-state index in [-0.39, 0.29) is 23.7 Å². The number of nitrogens with zero attached hydrogens (tertiary/aromatic N) is 6. The van der Waals surface area contributed by atoms with E-state index in [4.69, 9.17) is 0 Å². The number of hydrogen-bond acceptors (Lipinski definition) is 6. The topological polar surface area (TPSA) is 98.8 Å². The van der Waals surface area contributed by atoms with Gasteiger partial charge in [-0.05, 0) is 37.3 Å². The molecule has 0 spiro atoms. The van der Waals surface area contributed by atoms with Crippen LogP contribution in [-0.2, 0) is 6.54 Å². The number of pyridine rings is 1. The summed E-state index contributed by atoms with van der Waals surface area (Å²) in [7, 11) is 0. The van der Waals surface area contributed by atoms with Crippen molar-refractivity contribution < 1.29 is 21.9 Å². The molecule has 0 atom stereocenters. The van der Waals surface area contributed by atoms with Crippen molar-refractivity contribution >= 4 is 22.7 Å². The van der Waals surface area contributed by atoms with Gasteiger partial charge in [-0.25, -0.2) is 4.57 Å². The summed E-state index contributed by atoms with van der Waals surface area (Å²) in [6, 6.07) is 19.5. The molecule has 0 saturated carbocycles. The predicted octanol–water partition coefficient (Wildman–Crippen LogP) is 1.70. The molecule has 31 heavy (non-hydrogen) atoms. The molecule has 1 heterocycles. The average molecular weight is 437 g/mol. The fourth-order valence-electron chi connectivity index (χ4n) is 2.95. The molecule has 0 saturated heterocycles. The number of likely N-dealkylation sites (N-methyl/N-ethyl adjacent to an activating group) is 1. The molecular weight excluding hydrogens is 416 g/mol. The van der Waals surface area contributed by atoms with E-state index in [1.54, 1.807) is 0 Å². The first-order valence-corrected chi connectivity index (χ1v) is 9.50. The van der Waals surface area contributed by atoms with Gasteiger partial charge in [0.25, 0.3) is 5.69 Å². The summed E-state index contributed by atoms with van der Waals surface area (Å²) in [5.74, 6) is 0. The molecule has 9 heteroatoms. The summed E-state index contributed by atoms with van der Waals surface area (Å²) in [6.07, 6.45) is 4.09. The molecule has 0 aliphatic carbocycles. The SMILES string of the molecule is CCN(CC[n+]1ccccc1)c1ccc(N=Nc2ccc([N+](=O)[O-])cc2C#N)cc1.[Cl-]. The maximum atomic E-state index is 10.8. The minimum atomic E-state index is -0.545. The first-order chi connectivity index (χ1) is 14.6. The monoisotopic (exact) mass is 436 g/mol. The van der Waals surface area contributed by atoms with Gasteiger partial charge in [-0.1, -0.05) is 6.07 Å². The van der Waals surface area contributed by atoms with Gasteiger partial charge in [0, 0.05) is 36.5 Å². The van der Waals surface area contributed by atoms with Crippen molar-refractivity contribution in [2.45, 2.75) is 13.5 Å². The molecule has 0 unspecified atom stereocenters. The van der Waals surface area contributed by atoms with Gasteiger partial charge in [0.15, 0.2) is 18.9 Å². The lowest BCUT2D eigenvalue weighted by Crippen LogP contribution is -3.00. The number of rotatable bonds is 8. The third kappa shape index (κ3) is 6.32. The number of benzene rings is 2. The lowest BCUT2D eigenvalue weighted by Gasteiger charge is -2.21. The Kier molecular flexibility index (Phi) is 8.61. The van der Waals surface area contributed by atoms with Crippen LogP contribution in [0.3, 0.4) is 0 Å². The van der Waals surface area contributed by atoms with Crippen LogP contribution in [0.25, 0.3) is 0 Å². The quantitative estimate of drug-likeness (QED) is 0.232. The third-order valence-corrected chi connectivity index (χ3v) is 4.59. The second-order valence-electron chi connectivity index (χ2n) is 6.48. The first-order valence-electron chi connectivity index (χ1n) is 9.50. The molecule has 0 amide bonds. The Balaban J connectivity index is 0.00000341. The smallest absolute Gasteiger partial charge is 0.270 e. The number of aromatic nitrogens is 1. The van der Waals surface area contributed by atoms with E-state index < -0.39 is 4.92 Å². The van der Waals surface area contributed by atoms with Gasteiger partial charge in [-0.15, -0.1) is 5.11 Å². The summed E-state index contributed by atoms with van der Waals surface area (Å²) < 4.78 is 2.14. The van der Waals surface area contributed by atoms with Gasteiger partial charge >= 0.3 is 0 Å². The Hall–Kier alpha value is -3.83. The molecule has 0 aliphatic heterocycles. The Morgan fingerprint density at radius 2 is 1.81 bits per heavy atom. The van der Waals surface area contributed by atoms with Crippen LogP contribution in [0.4, 0.5) is 22.7 Å². The molecule has 8 nitrogen and oxygen atoms in total. The van der Waals surface area contributed by atoms with Crippen LogP contribution >= 0.6 is 0 Å². The van der Waals surface area contributed by atoms with Gasteiger partial charge in [0.05, 0.1) is 22.7 Å². The van der Waals surface area contributed by atoms with Gasteiger partial charge in [-0.2, -0.15) is 10.4 Å².